The Balaban J connectivity index is 1.48. The summed E-state index contributed by atoms with van der Waals surface area (Å²) in [6.07, 6.45) is 0.686. The van der Waals surface area contributed by atoms with Crippen LogP contribution in [0.1, 0.15) is 22.8 Å². The van der Waals surface area contributed by atoms with Crippen LogP contribution < -0.4 is 10.2 Å². The number of nitrogens with one attached hydrogen (secondary N) is 1. The van der Waals surface area contributed by atoms with E-state index >= 15 is 0 Å². The summed E-state index contributed by atoms with van der Waals surface area (Å²) in [6.45, 7) is 8.05. The number of hydrogen-bond donors (Lipinski definition) is 1. The molecule has 4 nitrogen and oxygen atoms in total. The van der Waals surface area contributed by atoms with E-state index in [0.717, 1.165) is 38.3 Å². The number of rotatable bonds is 6. The van der Waals surface area contributed by atoms with Gasteiger partial charge in [0.25, 0.3) is 5.91 Å². The average Bonchev–Trinajstić information content (AvgIpc) is 2.69. The van der Waals surface area contributed by atoms with Crippen molar-refractivity contribution in [3.05, 3.63) is 65.5 Å². The highest BCUT2D eigenvalue weighted by Crippen LogP contribution is 2.17. The first-order valence-corrected chi connectivity index (χ1v) is 9.25. The first-order chi connectivity index (χ1) is 12.7. The predicted octanol–water partition coefficient (Wildman–Crippen LogP) is 2.94. The van der Waals surface area contributed by atoms with Gasteiger partial charge in [0.05, 0.1) is 0 Å². The fourth-order valence-corrected chi connectivity index (χ4v) is 3.22. The van der Waals surface area contributed by atoms with Gasteiger partial charge >= 0.3 is 0 Å². The molecule has 0 atom stereocenters. The third-order valence-corrected chi connectivity index (χ3v) is 4.93. The van der Waals surface area contributed by atoms with Crippen LogP contribution >= 0.6 is 0 Å². The smallest absolute Gasteiger partial charge is 0.251 e. The largest absolute Gasteiger partial charge is 0.369 e. The van der Waals surface area contributed by atoms with Gasteiger partial charge in [0.15, 0.2) is 0 Å². The molecular formula is C21H26FN3O. The molecule has 1 amide bonds. The van der Waals surface area contributed by atoms with Crippen LogP contribution in [-0.4, -0.2) is 50.1 Å². The van der Waals surface area contributed by atoms with E-state index in [0.29, 0.717) is 18.5 Å². The molecule has 0 aromatic heterocycles. The van der Waals surface area contributed by atoms with Gasteiger partial charge < -0.3 is 15.1 Å². The van der Waals surface area contributed by atoms with Gasteiger partial charge in [0.1, 0.15) is 5.82 Å². The molecule has 0 spiro atoms. The highest BCUT2D eigenvalue weighted by Gasteiger charge is 2.16. The highest BCUT2D eigenvalue weighted by atomic mass is 19.1. The van der Waals surface area contributed by atoms with E-state index < -0.39 is 0 Å². The Kier molecular flexibility index (Phi) is 6.23. The summed E-state index contributed by atoms with van der Waals surface area (Å²) in [7, 11) is 0. The van der Waals surface area contributed by atoms with Crippen LogP contribution in [0.4, 0.5) is 10.1 Å². The third kappa shape index (κ3) is 4.82. The van der Waals surface area contributed by atoms with Crippen LogP contribution in [-0.2, 0) is 6.42 Å². The lowest BCUT2D eigenvalue weighted by molar-refractivity contribution is 0.0954. The Morgan fingerprint density at radius 1 is 1.00 bits per heavy atom. The van der Waals surface area contributed by atoms with Crippen molar-refractivity contribution in [2.75, 3.05) is 44.2 Å². The van der Waals surface area contributed by atoms with Crippen LogP contribution in [0.3, 0.4) is 0 Å². The molecule has 2 aromatic rings. The topological polar surface area (TPSA) is 35.6 Å². The second-order valence-corrected chi connectivity index (χ2v) is 6.60. The van der Waals surface area contributed by atoms with Crippen molar-refractivity contribution in [3.8, 4) is 0 Å². The van der Waals surface area contributed by atoms with Crippen molar-refractivity contribution in [2.24, 2.45) is 0 Å². The van der Waals surface area contributed by atoms with Crippen molar-refractivity contribution in [1.29, 1.82) is 0 Å². The molecule has 3 rings (SSSR count). The molecule has 1 N–H and O–H groups in total. The Labute approximate surface area is 154 Å². The summed E-state index contributed by atoms with van der Waals surface area (Å²) in [6, 6.07) is 14.2. The number of hydrogen-bond acceptors (Lipinski definition) is 3. The van der Waals surface area contributed by atoms with Gasteiger partial charge in [-0.3, -0.25) is 4.79 Å². The van der Waals surface area contributed by atoms with Crippen molar-refractivity contribution in [1.82, 2.24) is 10.2 Å². The Bertz CT molecular complexity index is 707. The average molecular weight is 355 g/mol. The quantitative estimate of drug-likeness (QED) is 0.865. The van der Waals surface area contributed by atoms with Crippen molar-refractivity contribution in [3.63, 3.8) is 0 Å². The zero-order valence-electron chi connectivity index (χ0n) is 15.2. The molecule has 0 unspecified atom stereocenters. The predicted molar refractivity (Wildman–Crippen MR) is 103 cm³/mol. The minimum Gasteiger partial charge on any atom is -0.369 e. The number of piperazine rings is 1. The Hall–Kier alpha value is -2.40. The second kappa shape index (κ2) is 8.81. The lowest BCUT2D eigenvalue weighted by Crippen LogP contribution is -2.46. The van der Waals surface area contributed by atoms with E-state index in [1.54, 1.807) is 12.1 Å². The first kappa shape index (κ1) is 18.4. The number of halogens is 1. The Morgan fingerprint density at radius 3 is 2.27 bits per heavy atom. The van der Waals surface area contributed by atoms with Gasteiger partial charge in [-0.15, -0.1) is 0 Å². The van der Waals surface area contributed by atoms with Gasteiger partial charge in [-0.2, -0.15) is 0 Å². The van der Waals surface area contributed by atoms with Gasteiger partial charge in [-0.25, -0.2) is 4.39 Å². The van der Waals surface area contributed by atoms with Crippen LogP contribution in [0.2, 0.25) is 0 Å². The lowest BCUT2D eigenvalue weighted by Gasteiger charge is -2.35. The number of nitrogens with zero attached hydrogens (tertiary/aromatic N) is 2. The standard InChI is InChI=1S/C21H26FN3O/c1-2-24-13-15-25(16-14-24)20-9-5-18(6-10-20)21(26)23-12-11-17-3-7-19(22)8-4-17/h3-10H,2,11-16H2,1H3,(H,23,26). The van der Waals surface area contributed by atoms with Crippen molar-refractivity contribution < 1.29 is 9.18 Å². The molecule has 0 radical (unpaired) electrons. The van der Waals surface area contributed by atoms with Crippen LogP contribution in [0.5, 0.6) is 0 Å². The SMILES string of the molecule is CCN1CCN(c2ccc(C(=O)NCCc3ccc(F)cc3)cc2)CC1. The normalized spacial score (nSPS) is 15.1. The minimum absolute atomic E-state index is 0.0746. The van der Waals surface area contributed by atoms with E-state index in [2.05, 4.69) is 22.0 Å². The van der Waals surface area contributed by atoms with Gasteiger partial charge in [0.2, 0.25) is 0 Å². The van der Waals surface area contributed by atoms with Crippen molar-refractivity contribution in [2.45, 2.75) is 13.3 Å². The molecule has 2 aromatic carbocycles. The molecule has 0 bridgehead atoms. The third-order valence-electron chi connectivity index (χ3n) is 4.93. The fourth-order valence-electron chi connectivity index (χ4n) is 3.22. The summed E-state index contributed by atoms with van der Waals surface area (Å²) >= 11 is 0. The van der Waals surface area contributed by atoms with Crippen molar-refractivity contribution >= 4 is 11.6 Å². The zero-order valence-corrected chi connectivity index (χ0v) is 15.2. The molecule has 138 valence electrons. The van der Waals surface area contributed by atoms with E-state index in [1.165, 1.54) is 17.8 Å². The summed E-state index contributed by atoms with van der Waals surface area (Å²) in [5.74, 6) is -0.316. The Morgan fingerprint density at radius 2 is 1.65 bits per heavy atom. The first-order valence-electron chi connectivity index (χ1n) is 9.25. The minimum atomic E-state index is -0.242. The van der Waals surface area contributed by atoms with Crippen LogP contribution in [0.25, 0.3) is 0 Å². The number of benzene rings is 2. The molecule has 0 saturated carbocycles. The van der Waals surface area contributed by atoms with Crippen LogP contribution in [0, 0.1) is 5.82 Å². The maximum atomic E-state index is 12.9. The number of likely N-dealkylation sites (N-methyl/N-ethyl adjacent to an activating group) is 1. The van der Waals surface area contributed by atoms with E-state index in [4.69, 9.17) is 0 Å². The van der Waals surface area contributed by atoms with E-state index in [1.807, 2.05) is 24.3 Å². The van der Waals surface area contributed by atoms with Crippen LogP contribution in [0.15, 0.2) is 48.5 Å². The summed E-state index contributed by atoms with van der Waals surface area (Å²) in [4.78, 5) is 17.1. The monoisotopic (exact) mass is 355 g/mol. The van der Waals surface area contributed by atoms with E-state index in [-0.39, 0.29) is 11.7 Å². The van der Waals surface area contributed by atoms with Gasteiger partial charge in [-0.05, 0) is 54.9 Å². The summed E-state index contributed by atoms with van der Waals surface area (Å²) < 4.78 is 12.9. The summed E-state index contributed by atoms with van der Waals surface area (Å²) in [5.41, 5.74) is 2.84. The number of carbonyl (C=O) groups is 1. The highest BCUT2D eigenvalue weighted by molar-refractivity contribution is 5.94. The molecular weight excluding hydrogens is 329 g/mol. The fraction of sp³-hybridized carbons (Fsp3) is 0.381. The zero-order chi connectivity index (χ0) is 18.4. The van der Waals surface area contributed by atoms with Gasteiger partial charge in [-0.1, -0.05) is 19.1 Å². The lowest BCUT2D eigenvalue weighted by atomic mass is 10.1. The summed E-state index contributed by atoms with van der Waals surface area (Å²) in [5, 5.41) is 2.92. The molecule has 1 aliphatic rings. The molecule has 0 aliphatic carbocycles. The number of amides is 1. The molecule has 1 heterocycles. The van der Waals surface area contributed by atoms with Gasteiger partial charge in [0, 0.05) is 44.0 Å². The molecule has 1 fully saturated rings. The molecule has 1 aliphatic heterocycles. The second-order valence-electron chi connectivity index (χ2n) is 6.60. The maximum Gasteiger partial charge on any atom is 0.251 e. The van der Waals surface area contributed by atoms with E-state index in [9.17, 15) is 9.18 Å². The molecule has 26 heavy (non-hydrogen) atoms. The maximum absolute atomic E-state index is 12.9. The number of anilines is 1. The molecule has 5 heteroatoms. The number of carbonyl (C=O) groups excluding carboxylic acids is 1. The molecule has 1 saturated heterocycles.